The Bertz CT molecular complexity index is 1010. The van der Waals surface area contributed by atoms with Gasteiger partial charge in [0.25, 0.3) is 5.91 Å². The number of rotatable bonds is 5. The maximum absolute atomic E-state index is 14.4. The van der Waals surface area contributed by atoms with E-state index >= 15 is 0 Å². The van der Waals surface area contributed by atoms with Crippen LogP contribution in [0.2, 0.25) is 5.02 Å². The molecule has 0 saturated heterocycles. The number of benzene rings is 2. The van der Waals surface area contributed by atoms with Gasteiger partial charge in [-0.1, -0.05) is 23.4 Å². The minimum absolute atomic E-state index is 0.0148. The quantitative estimate of drug-likeness (QED) is 0.646. The van der Waals surface area contributed by atoms with E-state index in [2.05, 4.69) is 4.98 Å². The Morgan fingerprint density at radius 2 is 1.74 bits per heavy atom. The summed E-state index contributed by atoms with van der Waals surface area (Å²) in [7, 11) is 0. The molecule has 0 aliphatic carbocycles. The minimum Gasteiger partial charge on any atom is -0.366 e. The van der Waals surface area contributed by atoms with Crippen molar-refractivity contribution in [2.45, 2.75) is 16.3 Å². The standard InChI is InChI=1S/C19H12ClF3N2OS/c20-11-1-4-13(5-2-11)27-19-16(23)9-14(18(24)26)17(25-19)8-10-7-12(21)3-6-15(10)22/h1-7,9H,8H2,(H2,24,26). The van der Waals surface area contributed by atoms with Crippen molar-refractivity contribution in [2.75, 3.05) is 0 Å². The summed E-state index contributed by atoms with van der Waals surface area (Å²) in [5.41, 5.74) is 5.15. The second kappa shape index (κ2) is 8.02. The van der Waals surface area contributed by atoms with Crippen molar-refractivity contribution in [3.8, 4) is 0 Å². The fraction of sp³-hybridized carbons (Fsp3) is 0.0526. The van der Waals surface area contributed by atoms with Crippen LogP contribution < -0.4 is 5.73 Å². The normalized spacial score (nSPS) is 10.8. The number of amides is 1. The second-order valence-electron chi connectivity index (χ2n) is 5.60. The lowest BCUT2D eigenvalue weighted by atomic mass is 10.0. The molecule has 1 aromatic heterocycles. The maximum atomic E-state index is 14.4. The van der Waals surface area contributed by atoms with Crippen LogP contribution in [0.5, 0.6) is 0 Å². The van der Waals surface area contributed by atoms with Crippen molar-refractivity contribution in [3.05, 3.63) is 87.8 Å². The van der Waals surface area contributed by atoms with Gasteiger partial charge in [0, 0.05) is 16.3 Å². The molecule has 0 atom stereocenters. The molecule has 2 N–H and O–H groups in total. The van der Waals surface area contributed by atoms with Crippen molar-refractivity contribution in [1.82, 2.24) is 4.98 Å². The average Bonchev–Trinajstić information content (AvgIpc) is 2.62. The molecular formula is C19H12ClF3N2OS. The van der Waals surface area contributed by atoms with Gasteiger partial charge < -0.3 is 5.73 Å². The first-order valence-electron chi connectivity index (χ1n) is 7.70. The van der Waals surface area contributed by atoms with Crippen LogP contribution in [-0.2, 0) is 6.42 Å². The van der Waals surface area contributed by atoms with Gasteiger partial charge in [0.05, 0.1) is 11.3 Å². The highest BCUT2D eigenvalue weighted by Crippen LogP contribution is 2.31. The predicted molar refractivity (Wildman–Crippen MR) is 97.5 cm³/mol. The predicted octanol–water partition coefficient (Wildman–Crippen LogP) is 4.99. The molecule has 3 nitrogen and oxygen atoms in total. The summed E-state index contributed by atoms with van der Waals surface area (Å²) in [6.45, 7) is 0. The van der Waals surface area contributed by atoms with Gasteiger partial charge in [0.2, 0.25) is 0 Å². The third-order valence-electron chi connectivity index (χ3n) is 3.68. The van der Waals surface area contributed by atoms with Crippen molar-refractivity contribution >= 4 is 29.3 Å². The van der Waals surface area contributed by atoms with E-state index in [-0.39, 0.29) is 28.3 Å². The molecule has 0 aliphatic heterocycles. The first-order valence-corrected chi connectivity index (χ1v) is 8.89. The first-order chi connectivity index (χ1) is 12.8. The van der Waals surface area contributed by atoms with E-state index < -0.39 is 23.4 Å². The molecule has 3 aromatic rings. The van der Waals surface area contributed by atoms with E-state index in [1.165, 1.54) is 0 Å². The summed E-state index contributed by atoms with van der Waals surface area (Å²) < 4.78 is 41.8. The van der Waals surface area contributed by atoms with E-state index in [0.29, 0.717) is 9.92 Å². The molecule has 0 saturated carbocycles. The minimum atomic E-state index is -0.906. The third kappa shape index (κ3) is 4.61. The molecule has 1 heterocycles. The smallest absolute Gasteiger partial charge is 0.250 e. The zero-order valence-corrected chi connectivity index (χ0v) is 15.3. The molecule has 0 bridgehead atoms. The summed E-state index contributed by atoms with van der Waals surface area (Å²) in [4.78, 5) is 16.5. The van der Waals surface area contributed by atoms with E-state index in [1.807, 2.05) is 0 Å². The van der Waals surface area contributed by atoms with Crippen molar-refractivity contribution < 1.29 is 18.0 Å². The summed E-state index contributed by atoms with van der Waals surface area (Å²) in [5, 5.41) is 0.508. The molecule has 0 fully saturated rings. The second-order valence-corrected chi connectivity index (χ2v) is 7.10. The Balaban J connectivity index is 2.01. The van der Waals surface area contributed by atoms with Gasteiger partial charge in [-0.25, -0.2) is 18.2 Å². The van der Waals surface area contributed by atoms with Crippen LogP contribution >= 0.6 is 23.4 Å². The van der Waals surface area contributed by atoms with Gasteiger partial charge in [-0.2, -0.15) is 0 Å². The molecule has 0 radical (unpaired) electrons. The Morgan fingerprint density at radius 1 is 1.04 bits per heavy atom. The highest BCUT2D eigenvalue weighted by atomic mass is 35.5. The van der Waals surface area contributed by atoms with Gasteiger partial charge in [0.1, 0.15) is 16.7 Å². The molecule has 0 aliphatic rings. The lowest BCUT2D eigenvalue weighted by Gasteiger charge is -2.11. The fourth-order valence-electron chi connectivity index (χ4n) is 2.40. The molecule has 0 spiro atoms. The monoisotopic (exact) mass is 408 g/mol. The molecule has 138 valence electrons. The van der Waals surface area contributed by atoms with Gasteiger partial charge in [-0.15, -0.1) is 0 Å². The first kappa shape index (κ1) is 19.3. The molecular weight excluding hydrogens is 397 g/mol. The number of hydrogen-bond acceptors (Lipinski definition) is 3. The van der Waals surface area contributed by atoms with Crippen LogP contribution in [0, 0.1) is 17.5 Å². The summed E-state index contributed by atoms with van der Waals surface area (Å²) >= 11 is 6.84. The number of primary amides is 1. The summed E-state index contributed by atoms with van der Waals surface area (Å²) in [6, 6.07) is 10.6. The molecule has 27 heavy (non-hydrogen) atoms. The molecule has 3 rings (SSSR count). The topological polar surface area (TPSA) is 56.0 Å². The largest absolute Gasteiger partial charge is 0.366 e. The van der Waals surface area contributed by atoms with Gasteiger partial charge in [-0.05, 0) is 54.1 Å². The number of aromatic nitrogens is 1. The lowest BCUT2D eigenvalue weighted by molar-refractivity contribution is 0.0998. The number of carbonyl (C=O) groups excluding carboxylic acids is 1. The van der Waals surface area contributed by atoms with Gasteiger partial charge >= 0.3 is 0 Å². The SMILES string of the molecule is NC(=O)c1cc(F)c(Sc2ccc(Cl)cc2)nc1Cc1cc(F)ccc1F. The van der Waals surface area contributed by atoms with Crippen LogP contribution in [0.1, 0.15) is 21.6 Å². The van der Waals surface area contributed by atoms with Gasteiger partial charge in [-0.3, -0.25) is 4.79 Å². The van der Waals surface area contributed by atoms with Crippen LogP contribution in [0.15, 0.2) is 58.5 Å². The fourth-order valence-corrected chi connectivity index (χ4v) is 3.33. The van der Waals surface area contributed by atoms with Crippen LogP contribution in [-0.4, -0.2) is 10.9 Å². The molecule has 0 unspecified atom stereocenters. The number of pyridine rings is 1. The molecule has 1 amide bonds. The average molecular weight is 409 g/mol. The Kier molecular flexibility index (Phi) is 5.72. The van der Waals surface area contributed by atoms with E-state index in [1.54, 1.807) is 24.3 Å². The van der Waals surface area contributed by atoms with Crippen LogP contribution in [0.4, 0.5) is 13.2 Å². The number of halogens is 4. The third-order valence-corrected chi connectivity index (χ3v) is 4.92. The maximum Gasteiger partial charge on any atom is 0.250 e. The number of nitrogens with zero attached hydrogens (tertiary/aromatic N) is 1. The zero-order valence-electron chi connectivity index (χ0n) is 13.7. The number of hydrogen-bond donors (Lipinski definition) is 1. The number of nitrogens with two attached hydrogens (primary N) is 1. The van der Waals surface area contributed by atoms with Crippen LogP contribution in [0.3, 0.4) is 0 Å². The lowest BCUT2D eigenvalue weighted by Crippen LogP contribution is -2.16. The van der Waals surface area contributed by atoms with Gasteiger partial charge in [0.15, 0.2) is 5.82 Å². The van der Waals surface area contributed by atoms with Crippen molar-refractivity contribution in [1.29, 1.82) is 0 Å². The van der Waals surface area contributed by atoms with E-state index in [9.17, 15) is 18.0 Å². The Morgan fingerprint density at radius 3 is 2.41 bits per heavy atom. The Hall–Kier alpha value is -2.51. The van der Waals surface area contributed by atoms with E-state index in [4.69, 9.17) is 17.3 Å². The summed E-state index contributed by atoms with van der Waals surface area (Å²) in [5.74, 6) is -2.95. The highest BCUT2D eigenvalue weighted by Gasteiger charge is 2.18. The van der Waals surface area contributed by atoms with Crippen molar-refractivity contribution in [3.63, 3.8) is 0 Å². The zero-order chi connectivity index (χ0) is 19.6. The molecule has 2 aromatic carbocycles. The summed E-state index contributed by atoms with van der Waals surface area (Å²) in [6.07, 6.45) is -0.212. The molecule has 8 heteroatoms. The number of carbonyl (C=O) groups is 1. The van der Waals surface area contributed by atoms with E-state index in [0.717, 1.165) is 36.0 Å². The highest BCUT2D eigenvalue weighted by molar-refractivity contribution is 7.99. The van der Waals surface area contributed by atoms with Crippen LogP contribution in [0.25, 0.3) is 0 Å². The van der Waals surface area contributed by atoms with Crippen molar-refractivity contribution in [2.24, 2.45) is 5.73 Å². The Labute approximate surface area is 162 Å².